The first-order chi connectivity index (χ1) is 9.24. The molecule has 0 fully saturated rings. The number of hydrogen-bond donors (Lipinski definition) is 0. The van der Waals surface area contributed by atoms with Crippen LogP contribution in [0.3, 0.4) is 0 Å². The Labute approximate surface area is 108 Å². The summed E-state index contributed by atoms with van der Waals surface area (Å²) in [5.74, 6) is -0.0204. The van der Waals surface area contributed by atoms with E-state index in [-0.39, 0.29) is 18.2 Å². The number of benzene rings is 1. The first-order valence-electron chi connectivity index (χ1n) is 5.42. The number of aromatic nitrogens is 1. The highest BCUT2D eigenvalue weighted by Crippen LogP contribution is 2.15. The normalized spacial score (nSPS) is 11.1. The highest BCUT2D eigenvalue weighted by Gasteiger charge is 2.14. The molecule has 0 radical (unpaired) electrons. The smallest absolute Gasteiger partial charge is 0.434 e. The molecular weight excluding hydrogens is 250 g/mol. The fraction of sp³-hybridized carbons (Fsp3) is 0.167. The average Bonchev–Trinajstić information content (AvgIpc) is 2.83. The van der Waals surface area contributed by atoms with Crippen LogP contribution in [0.25, 0.3) is 11.1 Å². The Morgan fingerprint density at radius 3 is 3.00 bits per heavy atom. The lowest BCUT2D eigenvalue weighted by atomic mass is 10.3. The third-order valence-corrected chi connectivity index (χ3v) is 2.08. The predicted molar refractivity (Wildman–Crippen MR) is 64.3 cm³/mol. The van der Waals surface area contributed by atoms with Gasteiger partial charge in [-0.3, -0.25) is 4.84 Å². The minimum absolute atomic E-state index is 0.0204. The molecule has 2 rings (SSSR count). The molecule has 0 N–H and O–H groups in total. The third kappa shape index (κ3) is 2.87. The fourth-order valence-corrected chi connectivity index (χ4v) is 1.31. The highest BCUT2D eigenvalue weighted by atomic mass is 16.8. The Morgan fingerprint density at radius 1 is 1.53 bits per heavy atom. The first-order valence-corrected chi connectivity index (χ1v) is 5.42. The zero-order valence-electron chi connectivity index (χ0n) is 9.99. The second-order valence-electron chi connectivity index (χ2n) is 3.31. The van der Waals surface area contributed by atoms with Crippen molar-refractivity contribution in [3.8, 4) is 6.07 Å². The molecule has 1 aromatic heterocycles. The average molecular weight is 259 g/mol. The standard InChI is InChI=1S/C12H9N3O4/c1-2-17-12(16)19-15-9(7-13)11-14-8-5-3-4-6-10(8)18-11/h3-6H,2H2,1H3. The van der Waals surface area contributed by atoms with Crippen molar-refractivity contribution in [1.29, 1.82) is 5.26 Å². The first kappa shape index (κ1) is 12.6. The van der Waals surface area contributed by atoms with Gasteiger partial charge in [0.15, 0.2) is 5.58 Å². The minimum Gasteiger partial charge on any atom is -0.434 e. The van der Waals surface area contributed by atoms with Crippen molar-refractivity contribution in [3.05, 3.63) is 30.2 Å². The molecule has 1 aromatic carbocycles. The largest absolute Gasteiger partial charge is 0.535 e. The summed E-state index contributed by atoms with van der Waals surface area (Å²) in [7, 11) is 0. The number of fused-ring (bicyclic) bond motifs is 1. The van der Waals surface area contributed by atoms with Gasteiger partial charge in [-0.1, -0.05) is 17.3 Å². The molecule has 0 aliphatic carbocycles. The zero-order valence-corrected chi connectivity index (χ0v) is 9.99. The van der Waals surface area contributed by atoms with Crippen LogP contribution < -0.4 is 0 Å². The molecule has 0 aliphatic heterocycles. The van der Waals surface area contributed by atoms with E-state index >= 15 is 0 Å². The van der Waals surface area contributed by atoms with Crippen molar-refractivity contribution < 1.29 is 18.8 Å². The lowest BCUT2D eigenvalue weighted by molar-refractivity contribution is 0.0614. The van der Waals surface area contributed by atoms with Crippen LogP contribution in [-0.4, -0.2) is 23.5 Å². The van der Waals surface area contributed by atoms with E-state index in [2.05, 4.69) is 19.7 Å². The molecule has 0 atom stereocenters. The molecule has 0 unspecified atom stereocenters. The Balaban J connectivity index is 2.24. The van der Waals surface area contributed by atoms with Crippen LogP contribution in [0.2, 0.25) is 0 Å². The highest BCUT2D eigenvalue weighted by molar-refractivity contribution is 6.09. The van der Waals surface area contributed by atoms with Crippen LogP contribution in [0, 0.1) is 11.3 Å². The van der Waals surface area contributed by atoms with Crippen molar-refractivity contribution >= 4 is 23.0 Å². The van der Waals surface area contributed by atoms with Crippen molar-refractivity contribution in [1.82, 2.24) is 4.98 Å². The second kappa shape index (κ2) is 5.64. The second-order valence-corrected chi connectivity index (χ2v) is 3.31. The molecule has 7 heteroatoms. The van der Waals surface area contributed by atoms with Gasteiger partial charge in [0.25, 0.3) is 5.89 Å². The van der Waals surface area contributed by atoms with E-state index < -0.39 is 6.16 Å². The Kier molecular flexibility index (Phi) is 3.73. The summed E-state index contributed by atoms with van der Waals surface area (Å²) in [5.41, 5.74) is 0.845. The number of rotatable bonds is 3. The van der Waals surface area contributed by atoms with Crippen LogP contribution in [-0.2, 0) is 9.57 Å². The number of nitriles is 1. The molecule has 0 saturated heterocycles. The molecule has 0 amide bonds. The van der Waals surface area contributed by atoms with E-state index in [4.69, 9.17) is 9.68 Å². The number of hydrogen-bond acceptors (Lipinski definition) is 7. The van der Waals surface area contributed by atoms with E-state index in [9.17, 15) is 4.79 Å². The molecule has 0 bridgehead atoms. The summed E-state index contributed by atoms with van der Waals surface area (Å²) in [5, 5.41) is 12.3. The van der Waals surface area contributed by atoms with Crippen LogP contribution >= 0.6 is 0 Å². The van der Waals surface area contributed by atoms with Crippen molar-refractivity contribution in [2.45, 2.75) is 6.92 Å². The van der Waals surface area contributed by atoms with Gasteiger partial charge in [0.1, 0.15) is 11.6 Å². The minimum atomic E-state index is -0.994. The quantitative estimate of drug-likeness (QED) is 0.363. The molecule has 7 nitrogen and oxygen atoms in total. The molecule has 0 aliphatic rings. The van der Waals surface area contributed by atoms with Gasteiger partial charge in [-0.25, -0.2) is 9.78 Å². The zero-order chi connectivity index (χ0) is 13.7. The van der Waals surface area contributed by atoms with Gasteiger partial charge in [-0.2, -0.15) is 5.26 Å². The number of carbonyl (C=O) groups excluding carboxylic acids is 1. The maximum atomic E-state index is 11.0. The molecule has 1 heterocycles. The maximum Gasteiger partial charge on any atom is 0.535 e. The van der Waals surface area contributed by atoms with Crippen LogP contribution in [0.1, 0.15) is 12.8 Å². The van der Waals surface area contributed by atoms with Gasteiger partial charge >= 0.3 is 6.16 Å². The molecular formula is C12H9N3O4. The van der Waals surface area contributed by atoms with Gasteiger partial charge in [-0.15, -0.1) is 0 Å². The van der Waals surface area contributed by atoms with Crippen LogP contribution in [0.15, 0.2) is 33.8 Å². The number of ether oxygens (including phenoxy) is 1. The maximum absolute atomic E-state index is 11.0. The Hall–Kier alpha value is -2.88. The fourth-order valence-electron chi connectivity index (χ4n) is 1.31. The predicted octanol–water partition coefficient (Wildman–Crippen LogP) is 2.23. The summed E-state index contributed by atoms with van der Waals surface area (Å²) in [6.07, 6.45) is -0.994. The van der Waals surface area contributed by atoms with E-state index in [1.54, 1.807) is 37.3 Å². The van der Waals surface area contributed by atoms with E-state index in [0.717, 1.165) is 0 Å². The Morgan fingerprint density at radius 2 is 2.32 bits per heavy atom. The summed E-state index contributed by atoms with van der Waals surface area (Å²) in [4.78, 5) is 19.4. The number of nitrogens with zero attached hydrogens (tertiary/aromatic N) is 3. The summed E-state index contributed by atoms with van der Waals surface area (Å²) >= 11 is 0. The summed E-state index contributed by atoms with van der Waals surface area (Å²) in [6, 6.07) is 8.72. The Bertz CT molecular complexity index is 636. The number of para-hydroxylation sites is 2. The van der Waals surface area contributed by atoms with Crippen LogP contribution in [0.4, 0.5) is 4.79 Å². The number of oxime groups is 1. The third-order valence-electron chi connectivity index (χ3n) is 2.08. The molecule has 0 saturated carbocycles. The summed E-state index contributed by atoms with van der Waals surface area (Å²) < 4.78 is 9.82. The van der Waals surface area contributed by atoms with Gasteiger partial charge in [0.05, 0.1) is 6.61 Å². The van der Waals surface area contributed by atoms with Gasteiger partial charge in [-0.05, 0) is 19.1 Å². The molecule has 0 spiro atoms. The number of carbonyl (C=O) groups is 1. The molecule has 19 heavy (non-hydrogen) atoms. The van der Waals surface area contributed by atoms with Crippen molar-refractivity contribution in [3.63, 3.8) is 0 Å². The van der Waals surface area contributed by atoms with E-state index in [1.807, 2.05) is 0 Å². The van der Waals surface area contributed by atoms with Gasteiger partial charge < -0.3 is 9.15 Å². The van der Waals surface area contributed by atoms with Crippen LogP contribution in [0.5, 0.6) is 0 Å². The van der Waals surface area contributed by atoms with E-state index in [0.29, 0.717) is 11.1 Å². The summed E-state index contributed by atoms with van der Waals surface area (Å²) in [6.45, 7) is 1.77. The van der Waals surface area contributed by atoms with Crippen molar-refractivity contribution in [2.75, 3.05) is 6.61 Å². The lowest BCUT2D eigenvalue weighted by Gasteiger charge is -1.96. The van der Waals surface area contributed by atoms with Gasteiger partial charge in [0.2, 0.25) is 5.71 Å². The SMILES string of the molecule is CCOC(=O)ON=C(C#N)c1nc2ccccc2o1. The lowest BCUT2D eigenvalue weighted by Crippen LogP contribution is -2.06. The number of oxazole rings is 1. The van der Waals surface area contributed by atoms with Crippen molar-refractivity contribution in [2.24, 2.45) is 5.16 Å². The molecule has 96 valence electrons. The van der Waals surface area contributed by atoms with E-state index in [1.165, 1.54) is 0 Å². The monoisotopic (exact) mass is 259 g/mol. The van der Waals surface area contributed by atoms with Gasteiger partial charge in [0, 0.05) is 0 Å². The topological polar surface area (TPSA) is 97.7 Å². The molecule has 2 aromatic rings.